The van der Waals surface area contributed by atoms with Gasteiger partial charge >= 0.3 is 0 Å². The van der Waals surface area contributed by atoms with E-state index in [0.717, 1.165) is 24.9 Å². The Labute approximate surface area is 177 Å². The molecular weight excluding hydrogens is 379 g/mol. The first-order valence-electron chi connectivity index (χ1n) is 10.0. The maximum Gasteiger partial charge on any atom is 0.0237 e. The van der Waals surface area contributed by atoms with Crippen LogP contribution in [0.3, 0.4) is 0 Å². The molecule has 0 spiro atoms. The van der Waals surface area contributed by atoms with Gasteiger partial charge in [0.2, 0.25) is 0 Å². The molecule has 0 saturated carbocycles. The van der Waals surface area contributed by atoms with Gasteiger partial charge in [-0.25, -0.2) is 0 Å². The first-order chi connectivity index (χ1) is 12.1. The number of fused-ring (bicyclic) bond motifs is 1. The summed E-state index contributed by atoms with van der Waals surface area (Å²) in [6.45, 7) is 16.6. The molecule has 0 amide bonds. The fraction of sp³-hybridized carbons (Fsp3) is 0.714. The highest BCUT2D eigenvalue weighted by Crippen LogP contribution is 2.29. The molecular formula is C21H36Cl2N4. The summed E-state index contributed by atoms with van der Waals surface area (Å²) in [4.78, 5) is 7.75. The topological polar surface area (TPSA) is 21.8 Å². The average Bonchev–Trinajstić information content (AvgIpc) is 3.15. The summed E-state index contributed by atoms with van der Waals surface area (Å²) >= 11 is 0. The smallest absolute Gasteiger partial charge is 0.0237 e. The number of rotatable bonds is 4. The van der Waals surface area contributed by atoms with Crippen molar-refractivity contribution in [3.8, 4) is 0 Å². The molecule has 0 aromatic heterocycles. The highest BCUT2D eigenvalue weighted by molar-refractivity contribution is 5.85. The largest absolute Gasteiger partial charge is 0.316 e. The quantitative estimate of drug-likeness (QED) is 0.816. The lowest BCUT2D eigenvalue weighted by atomic mass is 9.98. The van der Waals surface area contributed by atoms with Crippen molar-refractivity contribution in [3.63, 3.8) is 0 Å². The van der Waals surface area contributed by atoms with Crippen molar-refractivity contribution < 1.29 is 0 Å². The van der Waals surface area contributed by atoms with Crippen molar-refractivity contribution >= 4 is 24.8 Å². The van der Waals surface area contributed by atoms with Gasteiger partial charge in [-0.05, 0) is 62.5 Å². The summed E-state index contributed by atoms with van der Waals surface area (Å²) in [6.07, 6.45) is 0. The van der Waals surface area contributed by atoms with Gasteiger partial charge in [0.1, 0.15) is 0 Å². The van der Waals surface area contributed by atoms with Crippen LogP contribution in [-0.4, -0.2) is 74.1 Å². The SMILES string of the molecule is Cc1cc(CN2CCN(C)CC2)c(C)c(CN2C[C@H]3CNC[C@H]3C2)c1.Cl.Cl. The van der Waals surface area contributed by atoms with Gasteiger partial charge in [0, 0.05) is 52.4 Å². The number of halogens is 2. The molecule has 6 heteroatoms. The van der Waals surface area contributed by atoms with Crippen LogP contribution in [0.25, 0.3) is 0 Å². The summed E-state index contributed by atoms with van der Waals surface area (Å²) in [5.74, 6) is 1.77. The number of hydrogen-bond donors (Lipinski definition) is 1. The molecule has 3 aliphatic heterocycles. The predicted octanol–water partition coefficient (Wildman–Crippen LogP) is 2.55. The van der Waals surface area contributed by atoms with Crippen LogP contribution in [0.1, 0.15) is 22.3 Å². The van der Waals surface area contributed by atoms with Gasteiger partial charge in [0.25, 0.3) is 0 Å². The number of hydrogen-bond acceptors (Lipinski definition) is 4. The average molecular weight is 415 g/mol. The molecule has 3 heterocycles. The maximum absolute atomic E-state index is 3.55. The van der Waals surface area contributed by atoms with Gasteiger partial charge in [-0.2, -0.15) is 0 Å². The van der Waals surface area contributed by atoms with E-state index in [4.69, 9.17) is 0 Å². The van der Waals surface area contributed by atoms with E-state index in [1.807, 2.05) is 0 Å². The monoisotopic (exact) mass is 414 g/mol. The molecule has 4 nitrogen and oxygen atoms in total. The first kappa shape index (κ1) is 22.9. The number of nitrogens with zero attached hydrogens (tertiary/aromatic N) is 3. The van der Waals surface area contributed by atoms with E-state index in [1.165, 1.54) is 63.5 Å². The Kier molecular flexibility index (Phi) is 8.41. The van der Waals surface area contributed by atoms with E-state index >= 15 is 0 Å². The second kappa shape index (κ2) is 9.91. The minimum Gasteiger partial charge on any atom is -0.316 e. The summed E-state index contributed by atoms with van der Waals surface area (Å²) < 4.78 is 0. The van der Waals surface area contributed by atoms with Gasteiger partial charge in [-0.3, -0.25) is 9.80 Å². The van der Waals surface area contributed by atoms with Gasteiger partial charge in [0.15, 0.2) is 0 Å². The van der Waals surface area contributed by atoms with Gasteiger partial charge in [-0.1, -0.05) is 17.7 Å². The highest BCUT2D eigenvalue weighted by Gasteiger charge is 2.35. The zero-order valence-electron chi connectivity index (χ0n) is 17.0. The second-order valence-electron chi connectivity index (χ2n) is 8.66. The van der Waals surface area contributed by atoms with Crippen molar-refractivity contribution in [1.29, 1.82) is 0 Å². The molecule has 0 radical (unpaired) electrons. The molecule has 3 aliphatic rings. The minimum atomic E-state index is 0. The Morgan fingerprint density at radius 3 is 1.93 bits per heavy atom. The van der Waals surface area contributed by atoms with Crippen LogP contribution in [0.5, 0.6) is 0 Å². The zero-order chi connectivity index (χ0) is 17.4. The fourth-order valence-corrected chi connectivity index (χ4v) is 4.91. The Hall–Kier alpha value is -0.360. The number of benzene rings is 1. The lowest BCUT2D eigenvalue weighted by Crippen LogP contribution is -2.44. The van der Waals surface area contributed by atoms with Crippen LogP contribution < -0.4 is 5.32 Å². The standard InChI is InChI=1S/C21H34N4.2ClH/c1-16-8-18(12-24-6-4-23(3)5-7-24)17(2)19(9-16)13-25-14-20-10-22-11-21(20)15-25;;/h8-9,20-22H,4-7,10-15H2,1-3H3;2*1H/t20-,21+;;. The Bertz CT molecular complexity index is 604. The summed E-state index contributed by atoms with van der Waals surface area (Å²) in [7, 11) is 2.23. The van der Waals surface area contributed by atoms with E-state index < -0.39 is 0 Å². The second-order valence-corrected chi connectivity index (χ2v) is 8.66. The van der Waals surface area contributed by atoms with Crippen molar-refractivity contribution in [3.05, 3.63) is 34.4 Å². The maximum atomic E-state index is 3.55. The third kappa shape index (κ3) is 5.37. The van der Waals surface area contributed by atoms with Gasteiger partial charge in [-0.15, -0.1) is 24.8 Å². The van der Waals surface area contributed by atoms with E-state index in [9.17, 15) is 0 Å². The molecule has 0 aliphatic carbocycles. The fourth-order valence-electron chi connectivity index (χ4n) is 4.91. The lowest BCUT2D eigenvalue weighted by molar-refractivity contribution is 0.148. The lowest BCUT2D eigenvalue weighted by Gasteiger charge is -2.33. The first-order valence-corrected chi connectivity index (χ1v) is 10.0. The van der Waals surface area contributed by atoms with Crippen LogP contribution in [-0.2, 0) is 13.1 Å². The molecule has 4 rings (SSSR count). The molecule has 1 aromatic rings. The molecule has 1 N–H and O–H groups in total. The predicted molar refractivity (Wildman–Crippen MR) is 118 cm³/mol. The van der Waals surface area contributed by atoms with E-state index in [-0.39, 0.29) is 24.8 Å². The van der Waals surface area contributed by atoms with Crippen LogP contribution in [0.2, 0.25) is 0 Å². The Balaban J connectivity index is 0.00000131. The van der Waals surface area contributed by atoms with Crippen LogP contribution in [0.15, 0.2) is 12.1 Å². The highest BCUT2D eigenvalue weighted by atomic mass is 35.5. The number of piperazine rings is 1. The molecule has 0 bridgehead atoms. The van der Waals surface area contributed by atoms with Crippen molar-refractivity contribution in [1.82, 2.24) is 20.0 Å². The number of aryl methyl sites for hydroxylation is 1. The van der Waals surface area contributed by atoms with Crippen molar-refractivity contribution in [2.75, 3.05) is 59.4 Å². The number of likely N-dealkylation sites (N-methyl/N-ethyl adjacent to an activating group) is 1. The van der Waals surface area contributed by atoms with Crippen molar-refractivity contribution in [2.24, 2.45) is 11.8 Å². The summed E-state index contributed by atoms with van der Waals surface area (Å²) in [5, 5.41) is 3.55. The zero-order valence-corrected chi connectivity index (χ0v) is 18.7. The summed E-state index contributed by atoms with van der Waals surface area (Å²) in [6, 6.07) is 4.84. The summed E-state index contributed by atoms with van der Waals surface area (Å²) in [5.41, 5.74) is 6.04. The minimum absolute atomic E-state index is 0. The van der Waals surface area contributed by atoms with E-state index in [0.29, 0.717) is 0 Å². The van der Waals surface area contributed by atoms with Crippen molar-refractivity contribution in [2.45, 2.75) is 26.9 Å². The number of nitrogens with one attached hydrogen (secondary N) is 1. The van der Waals surface area contributed by atoms with Crippen LogP contribution in [0.4, 0.5) is 0 Å². The molecule has 3 fully saturated rings. The van der Waals surface area contributed by atoms with E-state index in [2.05, 4.69) is 53.0 Å². The molecule has 2 atom stereocenters. The normalized spacial score (nSPS) is 26.5. The Morgan fingerprint density at radius 1 is 0.852 bits per heavy atom. The number of likely N-dealkylation sites (tertiary alicyclic amines) is 1. The molecule has 0 unspecified atom stereocenters. The molecule has 27 heavy (non-hydrogen) atoms. The molecule has 3 saturated heterocycles. The van der Waals surface area contributed by atoms with Gasteiger partial charge in [0.05, 0.1) is 0 Å². The van der Waals surface area contributed by atoms with Crippen LogP contribution in [0, 0.1) is 25.7 Å². The van der Waals surface area contributed by atoms with Gasteiger partial charge < -0.3 is 10.2 Å². The van der Waals surface area contributed by atoms with E-state index in [1.54, 1.807) is 11.1 Å². The molecule has 1 aromatic carbocycles. The Morgan fingerprint density at radius 2 is 1.37 bits per heavy atom. The van der Waals surface area contributed by atoms with Crippen LogP contribution >= 0.6 is 24.8 Å². The third-order valence-corrected chi connectivity index (χ3v) is 6.62. The third-order valence-electron chi connectivity index (χ3n) is 6.62. The molecule has 154 valence electrons.